The van der Waals surface area contributed by atoms with Gasteiger partial charge in [-0.1, -0.05) is 0 Å². The molecule has 0 aromatic heterocycles. The maximum Gasteiger partial charge on any atom is 0.323 e. The lowest BCUT2D eigenvalue weighted by Gasteiger charge is -2.30. The van der Waals surface area contributed by atoms with Gasteiger partial charge in [0.05, 0.1) is 6.04 Å². The van der Waals surface area contributed by atoms with E-state index in [0.717, 1.165) is 6.42 Å². The van der Waals surface area contributed by atoms with Gasteiger partial charge in [0.1, 0.15) is 11.6 Å². The van der Waals surface area contributed by atoms with E-state index in [0.29, 0.717) is 13.0 Å². The Morgan fingerprint density at radius 2 is 1.90 bits per heavy atom. The van der Waals surface area contributed by atoms with E-state index in [1.54, 1.807) is 11.8 Å². The van der Waals surface area contributed by atoms with Crippen LogP contribution in [0.1, 0.15) is 40.5 Å². The number of carbonyl (C=O) groups is 3. The predicted octanol–water partition coefficient (Wildman–Crippen LogP) is 0.637. The number of likely N-dealkylation sites (tertiary alicyclic amines) is 1. The van der Waals surface area contributed by atoms with Gasteiger partial charge in [-0.3, -0.25) is 19.8 Å². The minimum Gasteiger partial charge on any atom is -0.459 e. The molecule has 1 aliphatic heterocycles. The molecule has 0 aliphatic carbocycles. The molecule has 7 heteroatoms. The van der Waals surface area contributed by atoms with Crippen molar-refractivity contribution in [2.24, 2.45) is 0 Å². The number of amides is 3. The van der Waals surface area contributed by atoms with Crippen LogP contribution in [-0.4, -0.2) is 54.1 Å². The normalized spacial score (nSPS) is 20.7. The average molecular weight is 299 g/mol. The Labute approximate surface area is 125 Å². The highest BCUT2D eigenvalue weighted by Crippen LogP contribution is 2.23. The zero-order valence-electron chi connectivity index (χ0n) is 13.4. The molecule has 21 heavy (non-hydrogen) atoms. The SMILES string of the molecule is CNC(=O)NC(=O)C(C)N1CCC[C@H]1C(=O)OC(C)(C)C. The van der Waals surface area contributed by atoms with Crippen LogP contribution in [0.3, 0.4) is 0 Å². The molecule has 0 aromatic carbocycles. The van der Waals surface area contributed by atoms with E-state index in [4.69, 9.17) is 4.74 Å². The third-order valence-corrected chi connectivity index (χ3v) is 3.31. The summed E-state index contributed by atoms with van der Waals surface area (Å²) in [5.41, 5.74) is -0.557. The molecule has 0 saturated carbocycles. The second kappa shape index (κ2) is 6.89. The maximum absolute atomic E-state index is 12.2. The van der Waals surface area contributed by atoms with Crippen LogP contribution in [0.25, 0.3) is 0 Å². The van der Waals surface area contributed by atoms with Crippen molar-refractivity contribution in [2.45, 2.75) is 58.2 Å². The van der Waals surface area contributed by atoms with Gasteiger partial charge in [-0.2, -0.15) is 0 Å². The maximum atomic E-state index is 12.2. The number of ether oxygens (including phenoxy) is 1. The second-order valence-corrected chi connectivity index (χ2v) is 6.17. The molecule has 2 N–H and O–H groups in total. The van der Waals surface area contributed by atoms with Crippen LogP contribution in [0.15, 0.2) is 0 Å². The number of rotatable bonds is 3. The molecule has 120 valence electrons. The third-order valence-electron chi connectivity index (χ3n) is 3.31. The van der Waals surface area contributed by atoms with E-state index >= 15 is 0 Å². The van der Waals surface area contributed by atoms with E-state index < -0.39 is 29.6 Å². The zero-order valence-corrected chi connectivity index (χ0v) is 13.4. The zero-order chi connectivity index (χ0) is 16.2. The summed E-state index contributed by atoms with van der Waals surface area (Å²) in [6, 6.07) is -1.56. The summed E-state index contributed by atoms with van der Waals surface area (Å²) in [4.78, 5) is 37.2. The Bertz CT molecular complexity index is 417. The standard InChI is InChI=1S/C14H25N3O4/c1-9(11(18)16-13(20)15-5)17-8-6-7-10(17)12(19)21-14(2,3)4/h9-10H,6-8H2,1-5H3,(H2,15,16,18,20)/t9?,10-/m0/s1. The predicted molar refractivity (Wildman–Crippen MR) is 77.6 cm³/mol. The lowest BCUT2D eigenvalue weighted by atomic mass is 10.1. The van der Waals surface area contributed by atoms with Crippen molar-refractivity contribution in [1.82, 2.24) is 15.5 Å². The van der Waals surface area contributed by atoms with E-state index in [1.807, 2.05) is 20.8 Å². The minimum absolute atomic E-state index is 0.320. The number of esters is 1. The van der Waals surface area contributed by atoms with Crippen LogP contribution < -0.4 is 10.6 Å². The van der Waals surface area contributed by atoms with E-state index in [9.17, 15) is 14.4 Å². The van der Waals surface area contributed by atoms with Gasteiger partial charge < -0.3 is 10.1 Å². The van der Waals surface area contributed by atoms with Gasteiger partial charge in [0.2, 0.25) is 5.91 Å². The summed E-state index contributed by atoms with van der Waals surface area (Å²) < 4.78 is 5.39. The largest absolute Gasteiger partial charge is 0.459 e. The Morgan fingerprint density at radius 1 is 1.29 bits per heavy atom. The van der Waals surface area contributed by atoms with Crippen molar-refractivity contribution in [3.63, 3.8) is 0 Å². The highest BCUT2D eigenvalue weighted by atomic mass is 16.6. The number of nitrogens with zero attached hydrogens (tertiary/aromatic N) is 1. The van der Waals surface area contributed by atoms with E-state index in [2.05, 4.69) is 10.6 Å². The van der Waals surface area contributed by atoms with Crippen LogP contribution >= 0.6 is 0 Å². The number of carbonyl (C=O) groups excluding carboxylic acids is 3. The molecule has 1 fully saturated rings. The molecule has 0 spiro atoms. The number of imide groups is 1. The van der Waals surface area contributed by atoms with Crippen LogP contribution in [0, 0.1) is 0 Å². The van der Waals surface area contributed by atoms with Gasteiger partial charge in [0.25, 0.3) is 0 Å². The monoisotopic (exact) mass is 299 g/mol. The van der Waals surface area contributed by atoms with Crippen molar-refractivity contribution in [2.75, 3.05) is 13.6 Å². The highest BCUT2D eigenvalue weighted by molar-refractivity contribution is 5.97. The quantitative estimate of drug-likeness (QED) is 0.747. The van der Waals surface area contributed by atoms with Gasteiger partial charge in [-0.15, -0.1) is 0 Å². The fourth-order valence-corrected chi connectivity index (χ4v) is 2.30. The van der Waals surface area contributed by atoms with Gasteiger partial charge in [0, 0.05) is 7.05 Å². The number of hydrogen-bond donors (Lipinski definition) is 2. The Hall–Kier alpha value is -1.63. The molecule has 0 bridgehead atoms. The summed E-state index contributed by atoms with van der Waals surface area (Å²) in [5, 5.41) is 4.56. The van der Waals surface area contributed by atoms with Gasteiger partial charge in [-0.25, -0.2) is 4.79 Å². The minimum atomic E-state index is -0.567. The average Bonchev–Trinajstić information content (AvgIpc) is 2.84. The third kappa shape index (κ3) is 5.00. The molecule has 1 heterocycles. The van der Waals surface area contributed by atoms with Crippen molar-refractivity contribution in [3.8, 4) is 0 Å². The highest BCUT2D eigenvalue weighted by Gasteiger charge is 2.38. The van der Waals surface area contributed by atoms with Crippen molar-refractivity contribution in [3.05, 3.63) is 0 Å². The first-order valence-electron chi connectivity index (χ1n) is 7.17. The molecule has 0 aromatic rings. The first-order valence-corrected chi connectivity index (χ1v) is 7.17. The van der Waals surface area contributed by atoms with Gasteiger partial charge in [-0.05, 0) is 47.1 Å². The number of hydrogen-bond acceptors (Lipinski definition) is 5. The Morgan fingerprint density at radius 3 is 2.43 bits per heavy atom. The Balaban J connectivity index is 2.70. The lowest BCUT2D eigenvalue weighted by molar-refractivity contribution is -0.161. The first-order chi connectivity index (χ1) is 9.65. The lowest BCUT2D eigenvalue weighted by Crippen LogP contribution is -2.52. The molecule has 3 amide bonds. The Kier molecular flexibility index (Phi) is 5.71. The molecule has 1 rings (SSSR count). The number of urea groups is 1. The first kappa shape index (κ1) is 17.4. The van der Waals surface area contributed by atoms with Crippen molar-refractivity contribution in [1.29, 1.82) is 0 Å². The molecular weight excluding hydrogens is 274 g/mol. The van der Waals surface area contributed by atoms with Crippen LogP contribution in [0.4, 0.5) is 4.79 Å². The molecule has 2 atom stereocenters. The van der Waals surface area contributed by atoms with Crippen molar-refractivity contribution >= 4 is 17.9 Å². The summed E-state index contributed by atoms with van der Waals surface area (Å²) in [7, 11) is 1.44. The molecule has 1 saturated heterocycles. The van der Waals surface area contributed by atoms with Crippen molar-refractivity contribution < 1.29 is 19.1 Å². The topological polar surface area (TPSA) is 87.7 Å². The molecule has 1 unspecified atom stereocenters. The molecule has 0 radical (unpaired) electrons. The van der Waals surface area contributed by atoms with Crippen LogP contribution in [0.5, 0.6) is 0 Å². The van der Waals surface area contributed by atoms with Crippen LogP contribution in [-0.2, 0) is 14.3 Å². The fraction of sp³-hybridized carbons (Fsp3) is 0.786. The van der Waals surface area contributed by atoms with Gasteiger partial charge >= 0.3 is 12.0 Å². The summed E-state index contributed by atoms with van der Waals surface area (Å²) in [5.74, 6) is -0.746. The molecular formula is C14H25N3O4. The number of nitrogens with one attached hydrogen (secondary N) is 2. The van der Waals surface area contributed by atoms with E-state index in [1.165, 1.54) is 7.05 Å². The van der Waals surface area contributed by atoms with Gasteiger partial charge in [0.15, 0.2) is 0 Å². The second-order valence-electron chi connectivity index (χ2n) is 6.17. The van der Waals surface area contributed by atoms with Crippen LogP contribution in [0.2, 0.25) is 0 Å². The fourth-order valence-electron chi connectivity index (χ4n) is 2.30. The summed E-state index contributed by atoms with van der Waals surface area (Å²) in [6.07, 6.45) is 1.48. The van der Waals surface area contributed by atoms with E-state index in [-0.39, 0.29) is 5.97 Å². The molecule has 1 aliphatic rings. The smallest absolute Gasteiger partial charge is 0.323 e. The summed E-state index contributed by atoms with van der Waals surface area (Å²) in [6.45, 7) is 7.75. The molecule has 7 nitrogen and oxygen atoms in total. The summed E-state index contributed by atoms with van der Waals surface area (Å²) >= 11 is 0.